The second-order valence-corrected chi connectivity index (χ2v) is 10.1. The summed E-state index contributed by atoms with van der Waals surface area (Å²) in [5.41, 5.74) is 0.959. The van der Waals surface area contributed by atoms with E-state index in [2.05, 4.69) is 20.9 Å². The molecular weight excluding hydrogens is 402 g/mol. The number of carbonyl (C=O) groups is 2. The molecule has 0 aliphatic heterocycles. The second-order valence-electron chi connectivity index (χ2n) is 10.1. The van der Waals surface area contributed by atoms with Gasteiger partial charge in [-0.3, -0.25) is 4.79 Å². The fourth-order valence-electron chi connectivity index (χ4n) is 6.67. The van der Waals surface area contributed by atoms with Gasteiger partial charge >= 0.3 is 6.03 Å². The Kier molecular flexibility index (Phi) is 5.66. The van der Waals surface area contributed by atoms with E-state index in [1.54, 1.807) is 6.20 Å². The second kappa shape index (κ2) is 8.60. The molecule has 3 amide bonds. The zero-order valence-corrected chi connectivity index (χ0v) is 18.7. The molecule has 7 nitrogen and oxygen atoms in total. The first kappa shape index (κ1) is 21.0. The normalized spacial score (nSPS) is 28.8. The molecule has 2 aromatic rings. The first-order chi connectivity index (χ1) is 15.5. The number of amides is 3. The Labute approximate surface area is 189 Å². The molecule has 3 N–H and O–H groups in total. The minimum absolute atomic E-state index is 0.0162. The highest BCUT2D eigenvalue weighted by Gasteiger charge is 2.51. The predicted molar refractivity (Wildman–Crippen MR) is 122 cm³/mol. The van der Waals surface area contributed by atoms with Crippen LogP contribution in [-0.2, 0) is 11.8 Å². The fourth-order valence-corrected chi connectivity index (χ4v) is 6.67. The smallest absolute Gasteiger partial charge is 0.315 e. The lowest BCUT2D eigenvalue weighted by molar-refractivity contribution is -0.121. The largest absolute Gasteiger partial charge is 0.342 e. The van der Waals surface area contributed by atoms with Crippen molar-refractivity contribution in [2.45, 2.75) is 56.5 Å². The molecule has 0 spiro atoms. The van der Waals surface area contributed by atoms with Crippen LogP contribution < -0.4 is 16.0 Å². The molecule has 0 saturated heterocycles. The van der Waals surface area contributed by atoms with Crippen molar-refractivity contribution in [3.8, 4) is 0 Å². The fraction of sp³-hybridized carbons (Fsp3) is 0.560. The summed E-state index contributed by atoms with van der Waals surface area (Å²) in [6, 6.07) is 9.36. The van der Waals surface area contributed by atoms with E-state index in [1.807, 2.05) is 48.1 Å². The molecule has 1 atom stereocenters. The van der Waals surface area contributed by atoms with Crippen LogP contribution in [0.3, 0.4) is 0 Å². The third-order valence-electron chi connectivity index (χ3n) is 7.61. The third-order valence-corrected chi connectivity index (χ3v) is 7.61. The molecule has 1 aromatic carbocycles. The number of aryl methyl sites for hydroxylation is 1. The van der Waals surface area contributed by atoms with E-state index in [4.69, 9.17) is 0 Å². The van der Waals surface area contributed by atoms with Crippen molar-refractivity contribution in [2.24, 2.45) is 24.8 Å². The third kappa shape index (κ3) is 4.38. The number of nitrogens with zero attached hydrogens (tertiary/aromatic N) is 2. The van der Waals surface area contributed by atoms with Crippen LogP contribution in [0.25, 0.3) is 0 Å². The molecule has 170 valence electrons. The van der Waals surface area contributed by atoms with E-state index in [0.717, 1.165) is 48.4 Å². The topological polar surface area (TPSA) is 88.1 Å². The van der Waals surface area contributed by atoms with Gasteiger partial charge in [0.1, 0.15) is 11.9 Å². The number of hydrogen-bond acceptors (Lipinski definition) is 3. The van der Waals surface area contributed by atoms with Crippen molar-refractivity contribution < 1.29 is 9.59 Å². The number of benzene rings is 1. The van der Waals surface area contributed by atoms with E-state index in [9.17, 15) is 9.59 Å². The number of hydrogen-bond donors (Lipinski definition) is 3. The van der Waals surface area contributed by atoms with Gasteiger partial charge in [-0.25, -0.2) is 9.78 Å². The monoisotopic (exact) mass is 435 g/mol. The number of imidazole rings is 1. The van der Waals surface area contributed by atoms with Crippen LogP contribution in [0.5, 0.6) is 0 Å². The van der Waals surface area contributed by atoms with Gasteiger partial charge in [-0.15, -0.1) is 0 Å². The summed E-state index contributed by atoms with van der Waals surface area (Å²) < 4.78 is 1.91. The molecule has 1 aromatic heterocycles. The lowest BCUT2D eigenvalue weighted by Crippen LogP contribution is -2.61. The van der Waals surface area contributed by atoms with E-state index in [1.165, 1.54) is 19.3 Å². The lowest BCUT2D eigenvalue weighted by Gasteiger charge is -2.56. The molecule has 4 fully saturated rings. The van der Waals surface area contributed by atoms with Gasteiger partial charge in [0, 0.05) is 37.9 Å². The highest BCUT2D eigenvalue weighted by atomic mass is 16.2. The summed E-state index contributed by atoms with van der Waals surface area (Å²) in [5, 5.41) is 9.30. The highest BCUT2D eigenvalue weighted by molar-refractivity contribution is 5.79. The molecule has 0 unspecified atom stereocenters. The maximum absolute atomic E-state index is 12.7. The van der Waals surface area contributed by atoms with Gasteiger partial charge in [0.25, 0.3) is 0 Å². The van der Waals surface area contributed by atoms with Crippen molar-refractivity contribution in [1.82, 2.24) is 25.5 Å². The molecule has 4 saturated carbocycles. The molecule has 6 rings (SSSR count). The molecule has 0 radical (unpaired) electrons. The molecule has 4 aliphatic carbocycles. The minimum Gasteiger partial charge on any atom is -0.342 e. The number of carbonyl (C=O) groups excluding carboxylic acids is 2. The SMILES string of the molecule is Cn1ccnc1[C@H](NC(=O)CCNC(=O)NC12CC3CC(CC(C3)C1)C2)c1ccccc1. The van der Waals surface area contributed by atoms with Gasteiger partial charge in [-0.1, -0.05) is 30.3 Å². The molecule has 4 aliphatic rings. The van der Waals surface area contributed by atoms with Crippen LogP contribution in [0.1, 0.15) is 62.4 Å². The summed E-state index contributed by atoms with van der Waals surface area (Å²) in [4.78, 5) is 29.7. The summed E-state index contributed by atoms with van der Waals surface area (Å²) in [7, 11) is 1.92. The zero-order valence-electron chi connectivity index (χ0n) is 18.7. The first-order valence-electron chi connectivity index (χ1n) is 11.9. The van der Waals surface area contributed by atoms with Crippen LogP contribution >= 0.6 is 0 Å². The summed E-state index contributed by atoms with van der Waals surface area (Å²) >= 11 is 0. The van der Waals surface area contributed by atoms with Gasteiger partial charge in [-0.2, -0.15) is 0 Å². The van der Waals surface area contributed by atoms with Crippen LogP contribution in [0, 0.1) is 17.8 Å². The molecule has 7 heteroatoms. The van der Waals surface area contributed by atoms with Crippen LogP contribution in [0.4, 0.5) is 4.79 Å². The maximum Gasteiger partial charge on any atom is 0.315 e. The first-order valence-corrected chi connectivity index (χ1v) is 11.9. The quantitative estimate of drug-likeness (QED) is 0.624. The van der Waals surface area contributed by atoms with Crippen molar-refractivity contribution >= 4 is 11.9 Å². The standard InChI is InChI=1S/C25H33N5O2/c1-30-10-9-26-23(30)22(20-5-3-2-4-6-20)28-21(31)7-8-27-24(32)29-25-14-17-11-18(15-25)13-19(12-17)16-25/h2-6,9-10,17-19,22H,7-8,11-16H2,1H3,(H,28,31)(H2,27,29,32)/t17?,18?,19?,22-,25?/m1/s1. The molecule has 1 heterocycles. The minimum atomic E-state index is -0.329. The number of nitrogens with one attached hydrogen (secondary N) is 3. The lowest BCUT2D eigenvalue weighted by atomic mass is 9.53. The maximum atomic E-state index is 12.7. The van der Waals surface area contributed by atoms with Crippen molar-refractivity contribution in [2.75, 3.05) is 6.54 Å². The van der Waals surface area contributed by atoms with Crippen LogP contribution in [0.15, 0.2) is 42.7 Å². The number of aromatic nitrogens is 2. The van der Waals surface area contributed by atoms with Gasteiger partial charge in [0.05, 0.1) is 0 Å². The van der Waals surface area contributed by atoms with E-state index in [0.29, 0.717) is 6.54 Å². The molecule has 4 bridgehead atoms. The zero-order chi connectivity index (χ0) is 22.1. The Morgan fingerprint density at radius 3 is 2.34 bits per heavy atom. The van der Waals surface area contributed by atoms with Crippen LogP contribution in [-0.4, -0.2) is 33.6 Å². The molecular formula is C25H33N5O2. The Morgan fingerprint density at radius 1 is 1.09 bits per heavy atom. The van der Waals surface area contributed by atoms with E-state index < -0.39 is 0 Å². The highest BCUT2D eigenvalue weighted by Crippen LogP contribution is 2.55. The van der Waals surface area contributed by atoms with Gasteiger partial charge < -0.3 is 20.5 Å². The Balaban J connectivity index is 1.14. The van der Waals surface area contributed by atoms with E-state index in [-0.39, 0.29) is 29.9 Å². The van der Waals surface area contributed by atoms with Gasteiger partial charge in [0.2, 0.25) is 5.91 Å². The number of rotatable bonds is 7. The summed E-state index contributed by atoms with van der Waals surface area (Å²) in [6.07, 6.45) is 11.2. The van der Waals surface area contributed by atoms with Gasteiger partial charge in [-0.05, 0) is 61.8 Å². The van der Waals surface area contributed by atoms with Crippen molar-refractivity contribution in [1.29, 1.82) is 0 Å². The average Bonchev–Trinajstić information content (AvgIpc) is 3.17. The van der Waals surface area contributed by atoms with Crippen LogP contribution in [0.2, 0.25) is 0 Å². The number of urea groups is 1. The average molecular weight is 436 g/mol. The Hall–Kier alpha value is -2.83. The Bertz CT molecular complexity index is 934. The van der Waals surface area contributed by atoms with Gasteiger partial charge in [0.15, 0.2) is 0 Å². The summed E-state index contributed by atoms with van der Waals surface area (Å²) in [5.74, 6) is 3.02. The Morgan fingerprint density at radius 2 is 1.75 bits per heavy atom. The van der Waals surface area contributed by atoms with Crippen molar-refractivity contribution in [3.05, 3.63) is 54.1 Å². The van der Waals surface area contributed by atoms with Crippen molar-refractivity contribution in [3.63, 3.8) is 0 Å². The predicted octanol–water partition coefficient (Wildman–Crippen LogP) is 3.28. The van der Waals surface area contributed by atoms with E-state index >= 15 is 0 Å². The summed E-state index contributed by atoms with van der Waals surface area (Å²) in [6.45, 7) is 0.312. The molecule has 32 heavy (non-hydrogen) atoms.